The smallest absolute Gasteiger partial charge is 0.0779 e. The van der Waals surface area contributed by atoms with Gasteiger partial charge in [0, 0.05) is 5.92 Å². The number of ether oxygens (including phenoxy) is 1. The molecule has 0 aromatic carbocycles. The summed E-state index contributed by atoms with van der Waals surface area (Å²) in [6.45, 7) is 9.64. The highest BCUT2D eigenvalue weighted by Crippen LogP contribution is 2.35. The number of nitrogens with two attached hydrogens (primary N) is 1. The van der Waals surface area contributed by atoms with E-state index in [1.807, 2.05) is 6.92 Å². The zero-order valence-corrected chi connectivity index (χ0v) is 12.4. The summed E-state index contributed by atoms with van der Waals surface area (Å²) in [5.41, 5.74) is 5.62. The Labute approximate surface area is 111 Å². The first kappa shape index (κ1) is 14.9. The summed E-state index contributed by atoms with van der Waals surface area (Å²) < 4.78 is 6.08. The summed E-state index contributed by atoms with van der Waals surface area (Å²) in [5, 5.41) is 0. The monoisotopic (exact) mass is 257 g/mol. The van der Waals surface area contributed by atoms with Gasteiger partial charge in [0.2, 0.25) is 0 Å². The molecule has 0 amide bonds. The molecule has 0 radical (unpaired) electrons. The number of hydrogen-bond acceptors (Lipinski definition) is 2. The van der Waals surface area contributed by atoms with Crippen molar-refractivity contribution in [3.05, 3.63) is 0 Å². The first-order valence-electron chi connectivity index (χ1n) is 6.82. The van der Waals surface area contributed by atoms with Crippen LogP contribution in [0.3, 0.4) is 0 Å². The zero-order valence-electron chi connectivity index (χ0n) is 11.6. The molecule has 0 saturated heterocycles. The fraction of sp³-hybridized carbons (Fsp3) is 0.929. The van der Waals surface area contributed by atoms with Crippen molar-refractivity contribution < 1.29 is 4.74 Å². The maximum atomic E-state index is 6.08. The van der Waals surface area contributed by atoms with Crippen LogP contribution in [0.15, 0.2) is 0 Å². The molecular weight excluding hydrogens is 230 g/mol. The highest BCUT2D eigenvalue weighted by molar-refractivity contribution is 7.80. The van der Waals surface area contributed by atoms with E-state index in [9.17, 15) is 0 Å². The first-order valence-corrected chi connectivity index (χ1v) is 7.23. The lowest BCUT2D eigenvalue weighted by Crippen LogP contribution is -2.36. The first-order chi connectivity index (χ1) is 7.91. The second-order valence-corrected chi connectivity index (χ2v) is 6.47. The van der Waals surface area contributed by atoms with Gasteiger partial charge < -0.3 is 10.5 Å². The Morgan fingerprint density at radius 2 is 2.00 bits per heavy atom. The summed E-state index contributed by atoms with van der Waals surface area (Å²) in [4.78, 5) is 0.565. The molecule has 0 spiro atoms. The normalized spacial score (nSPS) is 31.5. The van der Waals surface area contributed by atoms with Crippen molar-refractivity contribution in [2.75, 3.05) is 6.61 Å². The maximum absolute atomic E-state index is 6.08. The molecule has 1 aliphatic carbocycles. The van der Waals surface area contributed by atoms with Gasteiger partial charge in [0.15, 0.2) is 0 Å². The van der Waals surface area contributed by atoms with E-state index in [1.54, 1.807) is 0 Å². The maximum Gasteiger partial charge on any atom is 0.0779 e. The molecule has 2 nitrogen and oxygen atoms in total. The molecule has 4 atom stereocenters. The molecule has 1 rings (SSSR count). The summed E-state index contributed by atoms with van der Waals surface area (Å²) in [5.74, 6) is 2.38. The van der Waals surface area contributed by atoms with Crippen LogP contribution in [0.25, 0.3) is 0 Å². The summed E-state index contributed by atoms with van der Waals surface area (Å²) >= 11 is 4.99. The van der Waals surface area contributed by atoms with E-state index in [2.05, 4.69) is 20.8 Å². The van der Waals surface area contributed by atoms with Gasteiger partial charge in [0.05, 0.1) is 17.7 Å². The van der Waals surface area contributed by atoms with Crippen molar-refractivity contribution >= 4 is 17.2 Å². The molecule has 0 aromatic rings. The van der Waals surface area contributed by atoms with Crippen LogP contribution in [-0.2, 0) is 4.74 Å². The van der Waals surface area contributed by atoms with Crippen molar-refractivity contribution in [3.8, 4) is 0 Å². The van der Waals surface area contributed by atoms with Crippen LogP contribution >= 0.6 is 12.2 Å². The van der Waals surface area contributed by atoms with Crippen molar-refractivity contribution in [1.29, 1.82) is 0 Å². The van der Waals surface area contributed by atoms with E-state index in [0.29, 0.717) is 29.5 Å². The largest absolute Gasteiger partial charge is 0.393 e. The predicted octanol–water partition coefficient (Wildman–Crippen LogP) is 3.39. The molecule has 0 heterocycles. The average molecular weight is 257 g/mol. The average Bonchev–Trinajstić information content (AvgIpc) is 2.25. The Morgan fingerprint density at radius 3 is 2.53 bits per heavy atom. The molecular formula is C14H27NOS. The van der Waals surface area contributed by atoms with Crippen LogP contribution in [0.2, 0.25) is 0 Å². The molecule has 100 valence electrons. The minimum Gasteiger partial charge on any atom is -0.393 e. The number of rotatable bonds is 5. The van der Waals surface area contributed by atoms with Crippen molar-refractivity contribution in [2.45, 2.75) is 53.1 Å². The molecule has 3 heteroatoms. The molecule has 4 unspecified atom stereocenters. The minimum atomic E-state index is 0.190. The van der Waals surface area contributed by atoms with Crippen molar-refractivity contribution in [2.24, 2.45) is 29.4 Å². The van der Waals surface area contributed by atoms with Crippen LogP contribution in [-0.4, -0.2) is 17.7 Å². The third-order valence-electron chi connectivity index (χ3n) is 4.01. The van der Waals surface area contributed by atoms with Gasteiger partial charge in [-0.05, 0) is 30.6 Å². The van der Waals surface area contributed by atoms with Gasteiger partial charge in [-0.1, -0.05) is 46.3 Å². The van der Waals surface area contributed by atoms with Gasteiger partial charge in [-0.15, -0.1) is 0 Å². The van der Waals surface area contributed by atoms with E-state index in [1.165, 1.54) is 19.3 Å². The highest BCUT2D eigenvalue weighted by atomic mass is 32.1. The van der Waals surface area contributed by atoms with Gasteiger partial charge in [-0.25, -0.2) is 0 Å². The molecule has 1 aliphatic rings. The summed E-state index contributed by atoms with van der Waals surface area (Å²) in [6.07, 6.45) is 4.22. The van der Waals surface area contributed by atoms with Crippen LogP contribution < -0.4 is 5.73 Å². The second kappa shape index (κ2) is 6.69. The topological polar surface area (TPSA) is 35.2 Å². The van der Waals surface area contributed by atoms with Gasteiger partial charge >= 0.3 is 0 Å². The van der Waals surface area contributed by atoms with E-state index in [4.69, 9.17) is 22.7 Å². The van der Waals surface area contributed by atoms with Crippen LogP contribution in [0.1, 0.15) is 47.0 Å². The third kappa shape index (κ3) is 4.55. The fourth-order valence-corrected chi connectivity index (χ4v) is 2.72. The minimum absolute atomic E-state index is 0.190. The second-order valence-electron chi connectivity index (χ2n) is 6.00. The Bertz CT molecular complexity index is 255. The Kier molecular flexibility index (Phi) is 5.87. The molecule has 0 bridgehead atoms. The standard InChI is InChI=1S/C14H27NOS/c1-9(2)12-6-5-10(3)7-13(12)16-8-11(4)14(15)17/h9-13H,5-8H2,1-4H3,(H2,15,17). The van der Waals surface area contributed by atoms with Gasteiger partial charge in [0.1, 0.15) is 0 Å². The van der Waals surface area contributed by atoms with Crippen LogP contribution in [0.5, 0.6) is 0 Å². The molecule has 2 N–H and O–H groups in total. The molecule has 17 heavy (non-hydrogen) atoms. The molecule has 1 saturated carbocycles. The number of thiocarbonyl (C=S) groups is 1. The molecule has 0 aromatic heterocycles. The Hall–Kier alpha value is -0.150. The fourth-order valence-electron chi connectivity index (χ4n) is 2.66. The predicted molar refractivity (Wildman–Crippen MR) is 77.0 cm³/mol. The van der Waals surface area contributed by atoms with Crippen LogP contribution in [0, 0.1) is 23.7 Å². The Morgan fingerprint density at radius 1 is 1.35 bits per heavy atom. The van der Waals surface area contributed by atoms with E-state index in [0.717, 1.165) is 5.92 Å². The van der Waals surface area contributed by atoms with Gasteiger partial charge in [-0.3, -0.25) is 0 Å². The SMILES string of the molecule is CC1CCC(C(C)C)C(OCC(C)C(N)=S)C1. The van der Waals surface area contributed by atoms with Gasteiger partial charge in [0.25, 0.3) is 0 Å². The highest BCUT2D eigenvalue weighted by Gasteiger charge is 2.31. The lowest BCUT2D eigenvalue weighted by atomic mass is 9.75. The quantitative estimate of drug-likeness (QED) is 0.767. The zero-order chi connectivity index (χ0) is 13.0. The van der Waals surface area contributed by atoms with E-state index < -0.39 is 0 Å². The summed E-state index contributed by atoms with van der Waals surface area (Å²) in [7, 11) is 0. The van der Waals surface area contributed by atoms with Crippen LogP contribution in [0.4, 0.5) is 0 Å². The van der Waals surface area contributed by atoms with Gasteiger partial charge in [-0.2, -0.15) is 0 Å². The van der Waals surface area contributed by atoms with E-state index >= 15 is 0 Å². The third-order valence-corrected chi connectivity index (χ3v) is 4.41. The Balaban J connectivity index is 2.49. The number of hydrogen-bond donors (Lipinski definition) is 1. The molecule has 1 fully saturated rings. The van der Waals surface area contributed by atoms with Crippen molar-refractivity contribution in [1.82, 2.24) is 0 Å². The molecule has 0 aliphatic heterocycles. The lowest BCUT2D eigenvalue weighted by Gasteiger charge is -2.37. The summed E-state index contributed by atoms with van der Waals surface area (Å²) in [6, 6.07) is 0. The van der Waals surface area contributed by atoms with E-state index in [-0.39, 0.29) is 5.92 Å². The lowest BCUT2D eigenvalue weighted by molar-refractivity contribution is -0.0433. The van der Waals surface area contributed by atoms with Crippen molar-refractivity contribution in [3.63, 3.8) is 0 Å².